The van der Waals surface area contributed by atoms with Gasteiger partial charge in [-0.25, -0.2) is 14.6 Å². The van der Waals surface area contributed by atoms with Crippen LogP contribution in [0.2, 0.25) is 0 Å². The van der Waals surface area contributed by atoms with Gasteiger partial charge in [-0.2, -0.15) is 0 Å². The lowest BCUT2D eigenvalue weighted by molar-refractivity contribution is -0.146. The van der Waals surface area contributed by atoms with Crippen molar-refractivity contribution < 1.29 is 19.4 Å². The third kappa shape index (κ3) is 3.25. The molecule has 0 amide bonds. The molecule has 0 bridgehead atoms. The number of aliphatic carboxylic acids is 1. The van der Waals surface area contributed by atoms with Crippen molar-refractivity contribution in [3.05, 3.63) is 26.6 Å². The number of fused-ring (bicyclic) bond motifs is 1. The molecule has 0 aliphatic heterocycles. The topological polar surface area (TPSA) is 98.5 Å². The van der Waals surface area contributed by atoms with E-state index in [-0.39, 0.29) is 17.4 Å². The van der Waals surface area contributed by atoms with Gasteiger partial charge in [-0.3, -0.25) is 9.36 Å². The average molecular weight is 380 g/mol. The molecule has 0 saturated carbocycles. The Morgan fingerprint density at radius 1 is 1.23 bits per heavy atom. The molecule has 0 radical (unpaired) electrons. The second-order valence-corrected chi connectivity index (χ2v) is 8.32. The summed E-state index contributed by atoms with van der Waals surface area (Å²) in [4.78, 5) is 42.5. The van der Waals surface area contributed by atoms with E-state index in [0.717, 1.165) is 11.3 Å². The number of rotatable bonds is 5. The Morgan fingerprint density at radius 3 is 2.27 bits per heavy atom. The number of thiophene rings is 1. The Balaban J connectivity index is 2.87. The summed E-state index contributed by atoms with van der Waals surface area (Å²) in [5.41, 5.74) is -1.45. The molecule has 142 valence electrons. The lowest BCUT2D eigenvalue weighted by Gasteiger charge is -2.26. The number of carboxylic acids is 1. The highest BCUT2D eigenvalue weighted by molar-refractivity contribution is 7.20. The Morgan fingerprint density at radius 2 is 1.81 bits per heavy atom. The maximum Gasteiger partial charge on any atom is 0.348 e. The number of nitrogens with zero attached hydrogens (tertiary/aromatic N) is 2. The van der Waals surface area contributed by atoms with E-state index in [1.54, 1.807) is 20.8 Å². The van der Waals surface area contributed by atoms with Crippen LogP contribution in [0.3, 0.4) is 0 Å². The minimum absolute atomic E-state index is 0.167. The van der Waals surface area contributed by atoms with Gasteiger partial charge >= 0.3 is 11.9 Å². The number of aryl methyl sites for hydroxylation is 1. The molecular formula is C18H24N2O5S. The van der Waals surface area contributed by atoms with E-state index in [9.17, 15) is 19.5 Å². The molecule has 0 aliphatic carbocycles. The molecule has 0 atom stereocenters. The normalized spacial score (nSPS) is 12.2. The molecule has 0 fully saturated rings. The molecule has 0 aromatic carbocycles. The highest BCUT2D eigenvalue weighted by Crippen LogP contribution is 2.31. The van der Waals surface area contributed by atoms with Gasteiger partial charge in [-0.05, 0) is 40.2 Å². The van der Waals surface area contributed by atoms with Gasteiger partial charge in [0.25, 0.3) is 5.56 Å². The summed E-state index contributed by atoms with van der Waals surface area (Å²) in [6.45, 7) is 11.8. The zero-order valence-corrected chi connectivity index (χ0v) is 16.9. The second kappa shape index (κ2) is 6.83. The Bertz CT molecular complexity index is 937. The summed E-state index contributed by atoms with van der Waals surface area (Å²) >= 11 is 1.10. The Kier molecular flexibility index (Phi) is 5.28. The molecule has 0 unspecified atom stereocenters. The summed E-state index contributed by atoms with van der Waals surface area (Å²) in [7, 11) is 0. The van der Waals surface area contributed by atoms with Gasteiger partial charge in [-0.15, -0.1) is 11.3 Å². The zero-order chi connectivity index (χ0) is 20.0. The molecule has 1 N–H and O–H groups in total. The lowest BCUT2D eigenvalue weighted by Crippen LogP contribution is -2.45. The van der Waals surface area contributed by atoms with Crippen molar-refractivity contribution in [2.75, 3.05) is 0 Å². The van der Waals surface area contributed by atoms with Crippen molar-refractivity contribution >= 4 is 33.5 Å². The predicted molar refractivity (Wildman–Crippen MR) is 100 cm³/mol. The minimum Gasteiger partial charge on any atom is -0.480 e. The van der Waals surface area contributed by atoms with Crippen LogP contribution in [0.1, 0.15) is 68.5 Å². The molecule has 2 rings (SSSR count). The van der Waals surface area contributed by atoms with E-state index in [0.29, 0.717) is 21.1 Å². The molecule has 2 heterocycles. The number of aromatic nitrogens is 2. The van der Waals surface area contributed by atoms with Gasteiger partial charge < -0.3 is 9.84 Å². The fourth-order valence-electron chi connectivity index (χ4n) is 2.68. The molecule has 0 spiro atoms. The highest BCUT2D eigenvalue weighted by atomic mass is 32.1. The van der Waals surface area contributed by atoms with Gasteiger partial charge in [0.05, 0.1) is 11.5 Å². The van der Waals surface area contributed by atoms with Crippen molar-refractivity contribution in [3.8, 4) is 0 Å². The van der Waals surface area contributed by atoms with Gasteiger partial charge in [0.2, 0.25) is 0 Å². The molecule has 0 saturated heterocycles. The van der Waals surface area contributed by atoms with Gasteiger partial charge in [0, 0.05) is 5.92 Å². The van der Waals surface area contributed by atoms with E-state index in [2.05, 4.69) is 4.98 Å². The first-order valence-corrected chi connectivity index (χ1v) is 9.22. The number of hydrogen-bond acceptors (Lipinski definition) is 6. The summed E-state index contributed by atoms with van der Waals surface area (Å²) in [6.07, 6.45) is -0.283. The molecule has 0 aliphatic rings. The van der Waals surface area contributed by atoms with Crippen molar-refractivity contribution in [2.24, 2.45) is 0 Å². The molecule has 8 heteroatoms. The standard InChI is InChI=1S/C18H24N2O5S/c1-8(2)13-19-14-11(15(21)20(13)18(6,7)17(23)24)10(5)12(26-14)16(22)25-9(3)4/h8-9H,1-7H3,(H,23,24). The number of carboxylic acid groups (broad SMARTS) is 1. The smallest absolute Gasteiger partial charge is 0.348 e. The van der Waals surface area contributed by atoms with Gasteiger partial charge in [0.1, 0.15) is 21.1 Å². The fourth-order valence-corrected chi connectivity index (χ4v) is 3.75. The largest absolute Gasteiger partial charge is 0.480 e. The Labute approximate surface area is 155 Å². The van der Waals surface area contributed by atoms with Gasteiger partial charge in [-0.1, -0.05) is 13.8 Å². The third-order valence-corrected chi connectivity index (χ3v) is 5.28. The number of hydrogen-bond donors (Lipinski definition) is 1. The van der Waals surface area contributed by atoms with Crippen LogP contribution in [0, 0.1) is 6.92 Å². The van der Waals surface area contributed by atoms with Crippen molar-refractivity contribution in [3.63, 3.8) is 0 Å². The first-order valence-electron chi connectivity index (χ1n) is 8.40. The lowest BCUT2D eigenvalue weighted by atomic mass is 10.0. The van der Waals surface area contributed by atoms with Crippen LogP contribution in [-0.2, 0) is 15.1 Å². The average Bonchev–Trinajstić information content (AvgIpc) is 2.83. The molecule has 2 aromatic heterocycles. The van der Waals surface area contributed by atoms with Crippen LogP contribution >= 0.6 is 11.3 Å². The first-order chi connectivity index (χ1) is 11.9. The van der Waals surface area contributed by atoms with E-state index in [1.165, 1.54) is 18.4 Å². The molecule has 2 aromatic rings. The van der Waals surface area contributed by atoms with E-state index >= 15 is 0 Å². The number of ether oxygens (including phenoxy) is 1. The maximum atomic E-state index is 13.2. The minimum atomic E-state index is -1.47. The highest BCUT2D eigenvalue weighted by Gasteiger charge is 2.35. The SMILES string of the molecule is Cc1c(C(=O)OC(C)C)sc2nc(C(C)C)n(C(C)(C)C(=O)O)c(=O)c12. The van der Waals surface area contributed by atoms with Crippen LogP contribution in [0.5, 0.6) is 0 Å². The number of esters is 1. The zero-order valence-electron chi connectivity index (χ0n) is 16.0. The van der Waals surface area contributed by atoms with E-state index in [1.807, 2.05) is 13.8 Å². The predicted octanol–water partition coefficient (Wildman–Crippen LogP) is 3.27. The third-order valence-electron chi connectivity index (χ3n) is 4.12. The van der Waals surface area contributed by atoms with Crippen LogP contribution in [0.15, 0.2) is 4.79 Å². The monoisotopic (exact) mass is 380 g/mol. The Hall–Kier alpha value is -2.22. The van der Waals surface area contributed by atoms with Crippen LogP contribution in [0.4, 0.5) is 0 Å². The maximum absolute atomic E-state index is 13.2. The van der Waals surface area contributed by atoms with E-state index in [4.69, 9.17) is 4.74 Å². The molecular weight excluding hydrogens is 356 g/mol. The summed E-state index contributed by atoms with van der Waals surface area (Å²) in [5.74, 6) is -1.43. The first kappa shape index (κ1) is 20.1. The van der Waals surface area contributed by atoms with Crippen LogP contribution in [-0.4, -0.2) is 32.7 Å². The van der Waals surface area contributed by atoms with E-state index < -0.39 is 23.0 Å². The number of carbonyl (C=O) groups excluding carboxylic acids is 1. The second-order valence-electron chi connectivity index (χ2n) is 7.32. The van der Waals surface area contributed by atoms with Crippen molar-refractivity contribution in [1.82, 2.24) is 9.55 Å². The van der Waals surface area contributed by atoms with Crippen LogP contribution in [0.25, 0.3) is 10.2 Å². The quantitative estimate of drug-likeness (QED) is 0.799. The van der Waals surface area contributed by atoms with Crippen LogP contribution < -0.4 is 5.56 Å². The van der Waals surface area contributed by atoms with Crippen molar-refractivity contribution in [1.29, 1.82) is 0 Å². The summed E-state index contributed by atoms with van der Waals surface area (Å²) in [6, 6.07) is 0. The fraction of sp³-hybridized carbons (Fsp3) is 0.556. The number of carbonyl (C=O) groups is 2. The summed E-state index contributed by atoms with van der Waals surface area (Å²) < 4.78 is 6.46. The van der Waals surface area contributed by atoms with Gasteiger partial charge in [0.15, 0.2) is 0 Å². The molecule has 7 nitrogen and oxygen atoms in total. The summed E-state index contributed by atoms with van der Waals surface area (Å²) in [5, 5.41) is 9.87. The molecule has 26 heavy (non-hydrogen) atoms. The van der Waals surface area contributed by atoms with Crippen molar-refractivity contribution in [2.45, 2.75) is 66.0 Å².